The van der Waals surface area contributed by atoms with E-state index in [2.05, 4.69) is 0 Å². The molecule has 0 unspecified atom stereocenters. The van der Waals surface area contributed by atoms with Crippen LogP contribution in [0, 0.1) is 12.7 Å². The lowest BCUT2D eigenvalue weighted by molar-refractivity contribution is -0.0486. The number of benzene rings is 2. The highest BCUT2D eigenvalue weighted by molar-refractivity contribution is 7.91. The first-order chi connectivity index (χ1) is 10.9. The minimum absolute atomic E-state index is 0.0369. The van der Waals surface area contributed by atoms with Crippen LogP contribution in [0.25, 0.3) is 0 Å². The first kappa shape index (κ1) is 16.4. The predicted molar refractivity (Wildman–Crippen MR) is 82.7 cm³/mol. The van der Waals surface area contributed by atoms with E-state index >= 15 is 0 Å². The summed E-state index contributed by atoms with van der Waals surface area (Å²) in [5, 5.41) is 0.292. The van der Waals surface area contributed by atoms with E-state index in [0.717, 1.165) is 0 Å². The van der Waals surface area contributed by atoms with Gasteiger partial charge >= 0.3 is 0 Å². The summed E-state index contributed by atoms with van der Waals surface area (Å²) in [5.41, 5.74) is 0.419. The highest BCUT2D eigenvalue weighted by Crippen LogP contribution is 2.35. The zero-order valence-electron chi connectivity index (χ0n) is 12.3. The third-order valence-electron chi connectivity index (χ3n) is 3.60. The molecule has 2 aromatic rings. The topological polar surface area (TPSA) is 52.6 Å². The second kappa shape index (κ2) is 6.20. The van der Waals surface area contributed by atoms with Gasteiger partial charge in [-0.15, -0.1) is 0 Å². The summed E-state index contributed by atoms with van der Waals surface area (Å²) in [6.07, 6.45) is -1.03. The van der Waals surface area contributed by atoms with Gasteiger partial charge in [-0.1, -0.05) is 23.7 Å². The zero-order valence-corrected chi connectivity index (χ0v) is 13.8. The van der Waals surface area contributed by atoms with Crippen LogP contribution in [-0.4, -0.2) is 21.6 Å². The lowest BCUT2D eigenvalue weighted by Crippen LogP contribution is -2.12. The van der Waals surface area contributed by atoms with E-state index in [0.29, 0.717) is 10.6 Å². The highest BCUT2D eigenvalue weighted by atomic mass is 35.5. The van der Waals surface area contributed by atoms with Crippen LogP contribution in [-0.2, 0) is 19.3 Å². The second-order valence-electron chi connectivity index (χ2n) is 5.14. The van der Waals surface area contributed by atoms with Crippen LogP contribution >= 0.6 is 11.6 Å². The van der Waals surface area contributed by atoms with Gasteiger partial charge in [0.05, 0.1) is 28.6 Å². The van der Waals surface area contributed by atoms with Crippen LogP contribution in [0.4, 0.5) is 4.39 Å². The van der Waals surface area contributed by atoms with Crippen molar-refractivity contribution in [3.05, 3.63) is 58.4 Å². The Bertz CT molecular complexity index is 845. The summed E-state index contributed by atoms with van der Waals surface area (Å²) >= 11 is 5.92. The monoisotopic (exact) mass is 356 g/mol. The van der Waals surface area contributed by atoms with Crippen molar-refractivity contribution in [2.24, 2.45) is 0 Å². The Balaban J connectivity index is 2.21. The van der Waals surface area contributed by atoms with Gasteiger partial charge in [0.1, 0.15) is 5.82 Å². The van der Waals surface area contributed by atoms with Crippen molar-refractivity contribution in [2.75, 3.05) is 13.2 Å². The quantitative estimate of drug-likeness (QED) is 0.842. The maximum atomic E-state index is 14.3. The number of ether oxygens (including phenoxy) is 2. The standard InChI is InChI=1S/C16H14ClFO4S/c1-10-5-6-11(17)9-14(10)23(19,20)13-4-2-3-12(18)15(13)16-21-7-8-22-16/h2-6,9,16H,7-8H2,1H3. The largest absolute Gasteiger partial charge is 0.346 e. The van der Waals surface area contributed by atoms with Crippen molar-refractivity contribution in [1.82, 2.24) is 0 Å². The van der Waals surface area contributed by atoms with E-state index in [1.54, 1.807) is 19.1 Å². The van der Waals surface area contributed by atoms with E-state index in [1.807, 2.05) is 0 Å². The third-order valence-corrected chi connectivity index (χ3v) is 5.79. The maximum Gasteiger partial charge on any atom is 0.207 e. The molecule has 1 fully saturated rings. The number of rotatable bonds is 3. The van der Waals surface area contributed by atoms with E-state index in [1.165, 1.54) is 24.3 Å². The molecule has 4 nitrogen and oxygen atoms in total. The molecule has 0 bridgehead atoms. The smallest absolute Gasteiger partial charge is 0.207 e. The SMILES string of the molecule is Cc1ccc(Cl)cc1S(=O)(=O)c1cccc(F)c1C1OCCO1. The number of halogens is 2. The lowest BCUT2D eigenvalue weighted by atomic mass is 10.2. The highest BCUT2D eigenvalue weighted by Gasteiger charge is 2.32. The minimum atomic E-state index is -3.97. The van der Waals surface area contributed by atoms with E-state index in [-0.39, 0.29) is 28.6 Å². The third kappa shape index (κ3) is 2.99. The molecule has 2 aromatic carbocycles. The Hall–Kier alpha value is -1.47. The summed E-state index contributed by atoms with van der Waals surface area (Å²) in [4.78, 5) is -0.135. The van der Waals surface area contributed by atoms with E-state index < -0.39 is 21.9 Å². The van der Waals surface area contributed by atoms with Crippen molar-refractivity contribution < 1.29 is 22.3 Å². The molecule has 0 amide bonds. The molecule has 1 aliphatic heterocycles. The summed E-state index contributed by atoms with van der Waals surface area (Å²) < 4.78 is 50.9. The van der Waals surface area contributed by atoms with Crippen molar-refractivity contribution in [3.63, 3.8) is 0 Å². The predicted octanol–water partition coefficient (Wildman–Crippen LogP) is 3.67. The van der Waals surface area contributed by atoms with Crippen LogP contribution in [0.2, 0.25) is 5.02 Å². The molecule has 0 aromatic heterocycles. The molecule has 0 radical (unpaired) electrons. The Morgan fingerprint density at radius 2 is 1.83 bits per heavy atom. The molecule has 122 valence electrons. The van der Waals surface area contributed by atoms with Gasteiger partial charge in [0.2, 0.25) is 9.84 Å². The molecular weight excluding hydrogens is 343 g/mol. The van der Waals surface area contributed by atoms with Gasteiger partial charge in [-0.05, 0) is 36.8 Å². The van der Waals surface area contributed by atoms with Gasteiger partial charge in [0.15, 0.2) is 6.29 Å². The number of aryl methyl sites for hydroxylation is 1. The minimum Gasteiger partial charge on any atom is -0.346 e. The molecule has 23 heavy (non-hydrogen) atoms. The van der Waals surface area contributed by atoms with Crippen LogP contribution in [0.15, 0.2) is 46.2 Å². The van der Waals surface area contributed by atoms with Crippen molar-refractivity contribution in [3.8, 4) is 0 Å². The lowest BCUT2D eigenvalue weighted by Gasteiger charge is -2.16. The average Bonchev–Trinajstić information content (AvgIpc) is 3.03. The fraction of sp³-hybridized carbons (Fsp3) is 0.250. The Morgan fingerprint density at radius 3 is 2.52 bits per heavy atom. The maximum absolute atomic E-state index is 14.3. The summed E-state index contributed by atoms with van der Waals surface area (Å²) in [7, 11) is -3.97. The molecule has 0 N–H and O–H groups in total. The molecule has 0 atom stereocenters. The van der Waals surface area contributed by atoms with E-state index in [4.69, 9.17) is 21.1 Å². The molecule has 3 rings (SSSR count). The Kier molecular flexibility index (Phi) is 4.42. The van der Waals surface area contributed by atoms with Gasteiger partial charge in [0.25, 0.3) is 0 Å². The first-order valence-corrected chi connectivity index (χ1v) is 8.80. The molecule has 0 aliphatic carbocycles. The molecule has 1 saturated heterocycles. The number of hydrogen-bond acceptors (Lipinski definition) is 4. The van der Waals surface area contributed by atoms with Gasteiger partial charge < -0.3 is 9.47 Å². The summed E-state index contributed by atoms with van der Waals surface area (Å²) in [5.74, 6) is -0.683. The molecule has 7 heteroatoms. The Labute approximate surface area is 138 Å². The molecular formula is C16H14ClFO4S. The van der Waals surface area contributed by atoms with Gasteiger partial charge in [-0.2, -0.15) is 0 Å². The van der Waals surface area contributed by atoms with Crippen LogP contribution in [0.1, 0.15) is 17.4 Å². The molecule has 0 spiro atoms. The Morgan fingerprint density at radius 1 is 1.13 bits per heavy atom. The average molecular weight is 357 g/mol. The van der Waals surface area contributed by atoms with Gasteiger partial charge in [-0.25, -0.2) is 12.8 Å². The first-order valence-electron chi connectivity index (χ1n) is 6.94. The normalized spacial score (nSPS) is 16.0. The van der Waals surface area contributed by atoms with Crippen LogP contribution < -0.4 is 0 Å². The van der Waals surface area contributed by atoms with Crippen LogP contribution in [0.5, 0.6) is 0 Å². The van der Waals surface area contributed by atoms with Crippen molar-refractivity contribution >= 4 is 21.4 Å². The molecule has 0 saturated carbocycles. The fourth-order valence-electron chi connectivity index (χ4n) is 2.49. The van der Waals surface area contributed by atoms with Crippen molar-refractivity contribution in [1.29, 1.82) is 0 Å². The fourth-order valence-corrected chi connectivity index (χ4v) is 4.48. The van der Waals surface area contributed by atoms with Crippen LogP contribution in [0.3, 0.4) is 0 Å². The summed E-state index contributed by atoms with van der Waals surface area (Å²) in [6, 6.07) is 8.45. The molecule has 1 heterocycles. The molecule has 1 aliphatic rings. The number of hydrogen-bond donors (Lipinski definition) is 0. The second-order valence-corrected chi connectivity index (χ2v) is 7.46. The zero-order chi connectivity index (χ0) is 16.6. The van der Waals surface area contributed by atoms with E-state index in [9.17, 15) is 12.8 Å². The summed E-state index contributed by atoms with van der Waals surface area (Å²) in [6.45, 7) is 2.23. The van der Waals surface area contributed by atoms with Crippen molar-refractivity contribution in [2.45, 2.75) is 23.0 Å². The van der Waals surface area contributed by atoms with Gasteiger partial charge in [0, 0.05) is 5.02 Å². The van der Waals surface area contributed by atoms with Gasteiger partial charge in [-0.3, -0.25) is 0 Å². The number of sulfone groups is 1.